The Morgan fingerprint density at radius 3 is 2.45 bits per heavy atom. The third-order valence-corrected chi connectivity index (χ3v) is 7.26. The van der Waals surface area contributed by atoms with E-state index >= 15 is 0 Å². The Hall–Kier alpha value is -3.12. The number of benzene rings is 3. The standard InChI is InChI=1S/C25H26N2O3S/c1-17-11-12-22(16-24(17)31(29,30)27-23-9-4-3-5-10-23)25(28)26-18(2)20-14-13-19-7-6-8-21(19)15-20/h3-5,9-16,18,27H,6-8H2,1-2H3,(H,26,28)/t18-/m0/s1. The Kier molecular flexibility index (Phi) is 5.83. The molecule has 0 aliphatic heterocycles. The molecule has 4 rings (SSSR count). The Bertz CT molecular complexity index is 1220. The van der Waals surface area contributed by atoms with Crippen LogP contribution in [-0.2, 0) is 22.9 Å². The highest BCUT2D eigenvalue weighted by Crippen LogP contribution is 2.26. The number of carbonyl (C=O) groups is 1. The second kappa shape index (κ2) is 8.55. The van der Waals surface area contributed by atoms with E-state index in [0.29, 0.717) is 16.8 Å². The van der Waals surface area contributed by atoms with E-state index in [0.717, 1.165) is 18.4 Å². The molecule has 0 radical (unpaired) electrons. The highest BCUT2D eigenvalue weighted by atomic mass is 32.2. The van der Waals surface area contributed by atoms with Crippen LogP contribution in [0.3, 0.4) is 0 Å². The molecule has 6 heteroatoms. The summed E-state index contributed by atoms with van der Waals surface area (Å²) in [5, 5.41) is 3.00. The first-order valence-electron chi connectivity index (χ1n) is 10.4. The van der Waals surface area contributed by atoms with Crippen LogP contribution in [0.25, 0.3) is 0 Å². The van der Waals surface area contributed by atoms with Crippen LogP contribution in [0.15, 0.2) is 71.6 Å². The fourth-order valence-corrected chi connectivity index (χ4v) is 5.30. The second-order valence-electron chi connectivity index (χ2n) is 8.03. The molecule has 5 nitrogen and oxygen atoms in total. The molecule has 2 N–H and O–H groups in total. The van der Waals surface area contributed by atoms with Crippen molar-refractivity contribution in [3.8, 4) is 0 Å². The quantitative estimate of drug-likeness (QED) is 0.586. The molecular formula is C25H26N2O3S. The molecule has 0 saturated carbocycles. The molecule has 31 heavy (non-hydrogen) atoms. The summed E-state index contributed by atoms with van der Waals surface area (Å²) in [6.07, 6.45) is 3.38. The van der Waals surface area contributed by atoms with E-state index in [2.05, 4.69) is 28.2 Å². The van der Waals surface area contributed by atoms with E-state index in [1.807, 2.05) is 13.0 Å². The van der Waals surface area contributed by atoms with Crippen molar-refractivity contribution in [3.05, 3.63) is 94.5 Å². The fourth-order valence-electron chi connectivity index (χ4n) is 3.97. The third kappa shape index (κ3) is 4.64. The van der Waals surface area contributed by atoms with Crippen molar-refractivity contribution in [2.24, 2.45) is 0 Å². The summed E-state index contributed by atoms with van der Waals surface area (Å²) >= 11 is 0. The lowest BCUT2D eigenvalue weighted by Gasteiger charge is -2.17. The average molecular weight is 435 g/mol. The Morgan fingerprint density at radius 1 is 0.935 bits per heavy atom. The first-order valence-corrected chi connectivity index (χ1v) is 11.9. The summed E-state index contributed by atoms with van der Waals surface area (Å²) in [7, 11) is -3.82. The summed E-state index contributed by atoms with van der Waals surface area (Å²) in [5.41, 5.74) is 5.16. The van der Waals surface area contributed by atoms with Crippen LogP contribution in [0.5, 0.6) is 0 Å². The minimum atomic E-state index is -3.82. The van der Waals surface area contributed by atoms with E-state index in [4.69, 9.17) is 0 Å². The van der Waals surface area contributed by atoms with Crippen LogP contribution < -0.4 is 10.0 Å². The predicted molar refractivity (Wildman–Crippen MR) is 123 cm³/mol. The van der Waals surface area contributed by atoms with Gasteiger partial charge in [-0.15, -0.1) is 0 Å². The van der Waals surface area contributed by atoms with Crippen molar-refractivity contribution in [2.75, 3.05) is 4.72 Å². The van der Waals surface area contributed by atoms with E-state index in [-0.39, 0.29) is 16.8 Å². The van der Waals surface area contributed by atoms with E-state index in [1.165, 1.54) is 23.6 Å². The van der Waals surface area contributed by atoms with Crippen LogP contribution in [0.2, 0.25) is 0 Å². The number of fused-ring (bicyclic) bond motifs is 1. The van der Waals surface area contributed by atoms with Crippen LogP contribution in [-0.4, -0.2) is 14.3 Å². The fraction of sp³-hybridized carbons (Fsp3) is 0.240. The maximum atomic E-state index is 12.9. The lowest BCUT2D eigenvalue weighted by atomic mass is 10.0. The SMILES string of the molecule is Cc1ccc(C(=O)N[C@@H](C)c2ccc3c(c2)CCC3)cc1S(=O)(=O)Nc1ccccc1. The lowest BCUT2D eigenvalue weighted by molar-refractivity contribution is 0.0939. The highest BCUT2D eigenvalue weighted by Gasteiger charge is 2.21. The van der Waals surface area contributed by atoms with Gasteiger partial charge < -0.3 is 5.32 Å². The molecule has 3 aromatic carbocycles. The molecule has 1 amide bonds. The minimum Gasteiger partial charge on any atom is -0.346 e. The zero-order chi connectivity index (χ0) is 22.0. The number of hydrogen-bond acceptors (Lipinski definition) is 3. The van der Waals surface area contributed by atoms with Crippen molar-refractivity contribution >= 4 is 21.6 Å². The van der Waals surface area contributed by atoms with Crippen LogP contribution in [0, 0.1) is 6.92 Å². The average Bonchev–Trinajstić information content (AvgIpc) is 3.22. The Labute approximate surface area is 183 Å². The Balaban J connectivity index is 1.54. The summed E-state index contributed by atoms with van der Waals surface area (Å²) in [6.45, 7) is 3.66. The summed E-state index contributed by atoms with van der Waals surface area (Å²) in [6, 6.07) is 19.6. The third-order valence-electron chi connectivity index (χ3n) is 5.74. The first-order chi connectivity index (χ1) is 14.8. The largest absolute Gasteiger partial charge is 0.346 e. The molecule has 0 saturated heterocycles. The van der Waals surface area contributed by atoms with Gasteiger partial charge in [-0.25, -0.2) is 8.42 Å². The molecule has 3 aromatic rings. The minimum absolute atomic E-state index is 0.0918. The second-order valence-corrected chi connectivity index (χ2v) is 9.68. The van der Waals surface area contributed by atoms with Crippen molar-refractivity contribution in [1.29, 1.82) is 0 Å². The first kappa shape index (κ1) is 21.1. The molecule has 1 aliphatic rings. The molecule has 0 unspecified atom stereocenters. The number of anilines is 1. The molecular weight excluding hydrogens is 408 g/mol. The summed E-state index contributed by atoms with van der Waals surface area (Å²) in [4.78, 5) is 13.0. The van der Waals surface area contributed by atoms with E-state index in [1.54, 1.807) is 43.3 Å². The number of hydrogen-bond donors (Lipinski definition) is 2. The zero-order valence-corrected chi connectivity index (χ0v) is 18.5. The van der Waals surface area contributed by atoms with Crippen LogP contribution in [0.4, 0.5) is 5.69 Å². The molecule has 1 atom stereocenters. The number of para-hydroxylation sites is 1. The van der Waals surface area contributed by atoms with Crippen molar-refractivity contribution < 1.29 is 13.2 Å². The van der Waals surface area contributed by atoms with Crippen molar-refractivity contribution in [1.82, 2.24) is 5.32 Å². The van der Waals surface area contributed by atoms with E-state index < -0.39 is 10.0 Å². The van der Waals surface area contributed by atoms with Crippen LogP contribution >= 0.6 is 0 Å². The van der Waals surface area contributed by atoms with Gasteiger partial charge in [0.1, 0.15) is 0 Å². The van der Waals surface area contributed by atoms with E-state index in [9.17, 15) is 13.2 Å². The monoisotopic (exact) mass is 434 g/mol. The van der Waals surface area contributed by atoms with Gasteiger partial charge >= 0.3 is 0 Å². The topological polar surface area (TPSA) is 75.3 Å². The molecule has 0 heterocycles. The molecule has 1 aliphatic carbocycles. The van der Waals surface area contributed by atoms with Gasteiger partial charge in [0, 0.05) is 11.3 Å². The van der Waals surface area contributed by atoms with Gasteiger partial charge in [0.2, 0.25) is 0 Å². The highest BCUT2D eigenvalue weighted by molar-refractivity contribution is 7.92. The summed E-state index contributed by atoms with van der Waals surface area (Å²) in [5.74, 6) is -0.302. The van der Waals surface area contributed by atoms with Crippen LogP contribution in [0.1, 0.15) is 52.0 Å². The summed E-state index contributed by atoms with van der Waals surface area (Å²) < 4.78 is 28.4. The molecule has 0 aromatic heterocycles. The van der Waals surface area contributed by atoms with Gasteiger partial charge in [-0.3, -0.25) is 9.52 Å². The molecule has 0 fully saturated rings. The smallest absolute Gasteiger partial charge is 0.262 e. The van der Waals surface area contributed by atoms with Gasteiger partial charge in [0.15, 0.2) is 0 Å². The Morgan fingerprint density at radius 2 is 1.68 bits per heavy atom. The molecule has 0 bridgehead atoms. The lowest BCUT2D eigenvalue weighted by Crippen LogP contribution is -2.27. The number of rotatable bonds is 6. The number of aryl methyl sites for hydroxylation is 3. The number of carbonyl (C=O) groups excluding carboxylic acids is 1. The normalized spacial score (nSPS) is 14.0. The van der Waals surface area contributed by atoms with Gasteiger partial charge in [-0.05, 0) is 79.6 Å². The van der Waals surface area contributed by atoms with Gasteiger partial charge in [-0.2, -0.15) is 0 Å². The predicted octanol–water partition coefficient (Wildman–Crippen LogP) is 4.78. The maximum Gasteiger partial charge on any atom is 0.262 e. The number of sulfonamides is 1. The molecule has 160 valence electrons. The molecule has 0 spiro atoms. The maximum absolute atomic E-state index is 12.9. The van der Waals surface area contributed by atoms with Gasteiger partial charge in [0.25, 0.3) is 15.9 Å². The van der Waals surface area contributed by atoms with Crippen molar-refractivity contribution in [3.63, 3.8) is 0 Å². The van der Waals surface area contributed by atoms with Gasteiger partial charge in [-0.1, -0.05) is 42.5 Å². The van der Waals surface area contributed by atoms with Gasteiger partial charge in [0.05, 0.1) is 10.9 Å². The zero-order valence-electron chi connectivity index (χ0n) is 17.7. The number of nitrogens with one attached hydrogen (secondary N) is 2. The number of amides is 1. The van der Waals surface area contributed by atoms with Crippen molar-refractivity contribution in [2.45, 2.75) is 44.0 Å².